The van der Waals surface area contributed by atoms with Crippen LogP contribution in [-0.2, 0) is 0 Å². The molecule has 2 aromatic rings. The summed E-state index contributed by atoms with van der Waals surface area (Å²) < 4.78 is 0. The van der Waals surface area contributed by atoms with Crippen LogP contribution >= 0.6 is 0 Å². The number of para-hydroxylation sites is 1. The van der Waals surface area contributed by atoms with Crippen LogP contribution in [-0.4, -0.2) is 10.8 Å². The van der Waals surface area contributed by atoms with Gasteiger partial charge in [-0.1, -0.05) is 18.2 Å². The van der Waals surface area contributed by atoms with Gasteiger partial charge in [0.2, 0.25) is 0 Å². The molecule has 0 atom stereocenters. The highest BCUT2D eigenvalue weighted by Crippen LogP contribution is 2.22. The summed E-state index contributed by atoms with van der Waals surface area (Å²) in [7, 11) is 0. The van der Waals surface area contributed by atoms with Crippen LogP contribution in [0.25, 0.3) is 10.9 Å². The summed E-state index contributed by atoms with van der Waals surface area (Å²) in [5, 5.41) is 4.05. The Morgan fingerprint density at radius 2 is 2.13 bits per heavy atom. The van der Waals surface area contributed by atoms with Crippen LogP contribution in [0.4, 0.5) is 5.82 Å². The summed E-state index contributed by atoms with van der Waals surface area (Å²) in [5.41, 5.74) is 8.16. The second kappa shape index (κ2) is 3.57. The number of aromatic nitrogens is 1. The summed E-state index contributed by atoms with van der Waals surface area (Å²) >= 11 is 0. The first-order chi connectivity index (χ1) is 7.22. The lowest BCUT2D eigenvalue weighted by Gasteiger charge is -2.03. The van der Waals surface area contributed by atoms with E-state index >= 15 is 0 Å². The van der Waals surface area contributed by atoms with E-state index in [0.717, 1.165) is 5.39 Å². The summed E-state index contributed by atoms with van der Waals surface area (Å²) in [6, 6.07) is 8.88. The van der Waals surface area contributed by atoms with Crippen molar-refractivity contribution in [1.82, 2.24) is 4.98 Å². The zero-order valence-corrected chi connectivity index (χ0v) is 8.19. The molecule has 1 N–H and O–H groups in total. The Hall–Kier alpha value is -2.10. The molecule has 0 aliphatic heterocycles. The van der Waals surface area contributed by atoms with Crippen molar-refractivity contribution in [3.8, 4) is 0 Å². The van der Waals surface area contributed by atoms with E-state index in [2.05, 4.69) is 10.1 Å². The fraction of sp³-hybridized carbons (Fsp3) is 0.0909. The zero-order valence-electron chi connectivity index (χ0n) is 8.19. The van der Waals surface area contributed by atoms with Crippen molar-refractivity contribution in [2.24, 2.45) is 5.11 Å². The van der Waals surface area contributed by atoms with Gasteiger partial charge in [0.25, 0.3) is 0 Å². The number of nitrogens with one attached hydrogen (secondary N) is 1. The van der Waals surface area contributed by atoms with Gasteiger partial charge in [0.05, 0.1) is 5.52 Å². The van der Waals surface area contributed by atoms with Crippen LogP contribution in [0.5, 0.6) is 0 Å². The first-order valence-electron chi connectivity index (χ1n) is 4.50. The van der Waals surface area contributed by atoms with E-state index in [4.69, 9.17) is 5.53 Å². The zero-order chi connectivity index (χ0) is 10.8. The van der Waals surface area contributed by atoms with Gasteiger partial charge in [-0.05, 0) is 19.1 Å². The summed E-state index contributed by atoms with van der Waals surface area (Å²) in [4.78, 5) is 15.5. The van der Waals surface area contributed by atoms with Crippen LogP contribution in [0.3, 0.4) is 0 Å². The van der Waals surface area contributed by atoms with Gasteiger partial charge >= 0.3 is 0 Å². The van der Waals surface area contributed by atoms with E-state index in [0.29, 0.717) is 11.1 Å². The van der Waals surface area contributed by atoms with Crippen molar-refractivity contribution in [3.63, 3.8) is 0 Å². The molecule has 0 spiro atoms. The minimum Gasteiger partial charge on any atom is -0.294 e. The standard InChI is InChI=1S/C11H9N3O/c1-7(15)9-6-11(14-12)13-10-5-3-2-4-8(9)10/h2-6,12H,1H3. The van der Waals surface area contributed by atoms with E-state index in [1.807, 2.05) is 18.2 Å². The van der Waals surface area contributed by atoms with Crippen molar-refractivity contribution < 1.29 is 4.79 Å². The van der Waals surface area contributed by atoms with Gasteiger partial charge in [0.1, 0.15) is 0 Å². The average molecular weight is 199 g/mol. The number of benzene rings is 1. The number of Topliss-reactive ketones (excluding diaryl/α,β-unsaturated/α-hetero) is 1. The Bertz CT molecular complexity index is 549. The lowest BCUT2D eigenvalue weighted by Crippen LogP contribution is -1.94. The fourth-order valence-electron chi connectivity index (χ4n) is 1.51. The number of hydrogen-bond donors (Lipinski definition) is 1. The van der Waals surface area contributed by atoms with Crippen molar-refractivity contribution in [2.75, 3.05) is 0 Å². The predicted molar refractivity (Wildman–Crippen MR) is 56.6 cm³/mol. The summed E-state index contributed by atoms with van der Waals surface area (Å²) in [6.07, 6.45) is 0. The Labute approximate surface area is 86.5 Å². The molecule has 0 aliphatic carbocycles. The van der Waals surface area contributed by atoms with Crippen LogP contribution in [0.2, 0.25) is 0 Å². The smallest absolute Gasteiger partial charge is 0.175 e. The fourth-order valence-corrected chi connectivity index (χ4v) is 1.51. The molecule has 0 bridgehead atoms. The number of carbonyl (C=O) groups is 1. The second-order valence-electron chi connectivity index (χ2n) is 3.21. The largest absolute Gasteiger partial charge is 0.294 e. The summed E-state index contributed by atoms with van der Waals surface area (Å²) in [6.45, 7) is 1.50. The van der Waals surface area contributed by atoms with E-state index < -0.39 is 0 Å². The van der Waals surface area contributed by atoms with Crippen molar-refractivity contribution in [3.05, 3.63) is 35.9 Å². The monoisotopic (exact) mass is 199 g/mol. The molecule has 0 amide bonds. The first-order valence-corrected chi connectivity index (χ1v) is 4.50. The number of rotatable bonds is 2. The van der Waals surface area contributed by atoms with Gasteiger partial charge in [0.15, 0.2) is 11.6 Å². The minimum absolute atomic E-state index is 0.0431. The van der Waals surface area contributed by atoms with Crippen LogP contribution in [0, 0.1) is 5.53 Å². The quantitative estimate of drug-likeness (QED) is 0.596. The lowest BCUT2D eigenvalue weighted by atomic mass is 10.1. The number of hydrogen-bond acceptors (Lipinski definition) is 4. The highest BCUT2D eigenvalue weighted by atomic mass is 16.1. The third-order valence-corrected chi connectivity index (χ3v) is 2.20. The molecule has 15 heavy (non-hydrogen) atoms. The average Bonchev–Trinajstić information content (AvgIpc) is 2.27. The Morgan fingerprint density at radius 3 is 2.80 bits per heavy atom. The SMILES string of the molecule is CC(=O)c1cc(N=N)nc2ccccc12. The first kappa shape index (κ1) is 9.45. The molecule has 0 saturated heterocycles. The van der Waals surface area contributed by atoms with Crippen LogP contribution in [0.1, 0.15) is 17.3 Å². The molecule has 1 aromatic carbocycles. The maximum atomic E-state index is 11.4. The predicted octanol–water partition coefficient (Wildman–Crippen LogP) is 3.10. The number of ketones is 1. The maximum Gasteiger partial charge on any atom is 0.175 e. The van der Waals surface area contributed by atoms with Gasteiger partial charge in [-0.15, -0.1) is 5.11 Å². The molecular formula is C11H9N3O. The molecule has 0 fully saturated rings. The third kappa shape index (κ3) is 1.61. The second-order valence-corrected chi connectivity index (χ2v) is 3.21. The van der Waals surface area contributed by atoms with Crippen molar-refractivity contribution >= 4 is 22.5 Å². The molecule has 0 unspecified atom stereocenters. The summed E-state index contributed by atoms with van der Waals surface area (Å²) in [5.74, 6) is 0.220. The molecule has 2 rings (SSSR count). The third-order valence-electron chi connectivity index (χ3n) is 2.20. The Kier molecular flexibility index (Phi) is 2.25. The lowest BCUT2D eigenvalue weighted by molar-refractivity contribution is 0.101. The maximum absolute atomic E-state index is 11.4. The highest BCUT2D eigenvalue weighted by Gasteiger charge is 2.08. The number of nitrogens with zero attached hydrogens (tertiary/aromatic N) is 2. The van der Waals surface area contributed by atoms with Gasteiger partial charge in [-0.3, -0.25) is 4.79 Å². The van der Waals surface area contributed by atoms with Gasteiger partial charge in [-0.2, -0.15) is 0 Å². The molecule has 0 saturated carbocycles. The topological polar surface area (TPSA) is 66.2 Å². The number of pyridine rings is 1. The van der Waals surface area contributed by atoms with E-state index in [9.17, 15) is 4.79 Å². The van der Waals surface area contributed by atoms with Gasteiger partial charge in [-0.25, -0.2) is 10.5 Å². The Morgan fingerprint density at radius 1 is 1.40 bits per heavy atom. The molecule has 0 aliphatic rings. The van der Waals surface area contributed by atoms with Gasteiger partial charge < -0.3 is 0 Å². The molecule has 4 nitrogen and oxygen atoms in total. The normalized spacial score (nSPS) is 10.2. The minimum atomic E-state index is -0.0431. The van der Waals surface area contributed by atoms with E-state index in [-0.39, 0.29) is 11.6 Å². The molecular weight excluding hydrogens is 190 g/mol. The number of carbonyl (C=O) groups excluding carboxylic acids is 1. The van der Waals surface area contributed by atoms with Crippen molar-refractivity contribution in [1.29, 1.82) is 5.53 Å². The van der Waals surface area contributed by atoms with Gasteiger partial charge in [0, 0.05) is 10.9 Å². The Balaban J connectivity index is 2.86. The molecule has 4 heteroatoms. The van der Waals surface area contributed by atoms with Crippen molar-refractivity contribution in [2.45, 2.75) is 6.92 Å². The van der Waals surface area contributed by atoms with Crippen LogP contribution < -0.4 is 0 Å². The molecule has 1 heterocycles. The highest BCUT2D eigenvalue weighted by molar-refractivity contribution is 6.06. The van der Waals surface area contributed by atoms with E-state index in [1.54, 1.807) is 6.07 Å². The molecule has 1 aromatic heterocycles. The molecule has 74 valence electrons. The van der Waals surface area contributed by atoms with E-state index in [1.165, 1.54) is 13.0 Å². The van der Waals surface area contributed by atoms with Crippen LogP contribution in [0.15, 0.2) is 35.4 Å². The number of fused-ring (bicyclic) bond motifs is 1. The molecule has 0 radical (unpaired) electrons.